The standard InChI is InChI=1S/C15H22O4/c1-8-4-5-11(16)9(2)7-12(17)14-10(3)15(18)19-13(14)6-8/h6,10-14,16-17H,2,4-5,7H2,1,3H3/b8-6+/t10-,11+,12-,13-,14+/m0/s1. The third-order valence-corrected chi connectivity index (χ3v) is 4.23. The minimum Gasteiger partial charge on any atom is -0.457 e. The summed E-state index contributed by atoms with van der Waals surface area (Å²) in [6.07, 6.45) is 1.89. The zero-order chi connectivity index (χ0) is 14.2. The Morgan fingerprint density at radius 1 is 1.42 bits per heavy atom. The highest BCUT2D eigenvalue weighted by Gasteiger charge is 2.45. The predicted molar refractivity (Wildman–Crippen MR) is 71.3 cm³/mol. The number of rotatable bonds is 0. The molecule has 4 heteroatoms. The summed E-state index contributed by atoms with van der Waals surface area (Å²) in [6.45, 7) is 7.59. The Kier molecular flexibility index (Phi) is 4.11. The van der Waals surface area contributed by atoms with Crippen LogP contribution in [0.3, 0.4) is 0 Å². The Morgan fingerprint density at radius 2 is 2.11 bits per heavy atom. The molecule has 19 heavy (non-hydrogen) atoms. The first kappa shape index (κ1) is 14.3. The van der Waals surface area contributed by atoms with Crippen molar-refractivity contribution in [3.05, 3.63) is 23.8 Å². The number of hydrogen-bond donors (Lipinski definition) is 2. The fourth-order valence-corrected chi connectivity index (χ4v) is 2.93. The Morgan fingerprint density at radius 3 is 2.79 bits per heavy atom. The summed E-state index contributed by atoms with van der Waals surface area (Å²) in [5, 5.41) is 20.3. The summed E-state index contributed by atoms with van der Waals surface area (Å²) in [4.78, 5) is 11.7. The van der Waals surface area contributed by atoms with E-state index in [9.17, 15) is 15.0 Å². The summed E-state index contributed by atoms with van der Waals surface area (Å²) in [5.41, 5.74) is 1.70. The van der Waals surface area contributed by atoms with E-state index >= 15 is 0 Å². The van der Waals surface area contributed by atoms with Gasteiger partial charge in [-0.1, -0.05) is 19.1 Å². The molecular formula is C15H22O4. The van der Waals surface area contributed by atoms with E-state index < -0.39 is 12.2 Å². The number of carbonyl (C=O) groups is 1. The van der Waals surface area contributed by atoms with Gasteiger partial charge in [0.15, 0.2) is 0 Å². The molecule has 0 amide bonds. The highest BCUT2D eigenvalue weighted by molar-refractivity contribution is 5.75. The number of aliphatic hydroxyl groups is 2. The largest absolute Gasteiger partial charge is 0.457 e. The SMILES string of the molecule is C=C1C[C@H](O)[C@@H]2[C@H](/C=C(\C)CC[C@H]1O)OC(=O)[C@H]2C. The van der Waals surface area contributed by atoms with Crippen LogP contribution in [-0.2, 0) is 9.53 Å². The Balaban J connectivity index is 2.30. The van der Waals surface area contributed by atoms with Crippen LogP contribution in [0, 0.1) is 11.8 Å². The van der Waals surface area contributed by atoms with Crippen LogP contribution in [0.1, 0.15) is 33.1 Å². The normalized spacial score (nSPS) is 43.2. The van der Waals surface area contributed by atoms with E-state index in [1.165, 1.54) is 0 Å². The maximum atomic E-state index is 11.7. The maximum Gasteiger partial charge on any atom is 0.309 e. The van der Waals surface area contributed by atoms with Gasteiger partial charge in [0.25, 0.3) is 0 Å². The van der Waals surface area contributed by atoms with Crippen molar-refractivity contribution in [3.63, 3.8) is 0 Å². The number of allylic oxidation sites excluding steroid dienone is 1. The van der Waals surface area contributed by atoms with Crippen LogP contribution in [0.5, 0.6) is 0 Å². The third-order valence-electron chi connectivity index (χ3n) is 4.23. The average molecular weight is 266 g/mol. The molecule has 0 saturated carbocycles. The molecule has 2 aliphatic rings. The van der Waals surface area contributed by atoms with Crippen molar-refractivity contribution >= 4 is 5.97 Å². The minimum atomic E-state index is -0.712. The van der Waals surface area contributed by atoms with Crippen molar-refractivity contribution in [3.8, 4) is 0 Å². The van der Waals surface area contributed by atoms with Gasteiger partial charge in [-0.05, 0) is 37.8 Å². The molecule has 1 aliphatic carbocycles. The smallest absolute Gasteiger partial charge is 0.309 e. The molecule has 0 bridgehead atoms. The molecule has 2 N–H and O–H groups in total. The predicted octanol–water partition coefficient (Wildman–Crippen LogP) is 1.57. The van der Waals surface area contributed by atoms with Gasteiger partial charge in [-0.2, -0.15) is 0 Å². The van der Waals surface area contributed by atoms with E-state index in [4.69, 9.17) is 4.74 Å². The molecule has 5 atom stereocenters. The van der Waals surface area contributed by atoms with Gasteiger partial charge >= 0.3 is 5.97 Å². The van der Waals surface area contributed by atoms with Gasteiger partial charge in [-0.15, -0.1) is 0 Å². The zero-order valence-corrected chi connectivity index (χ0v) is 11.5. The van der Waals surface area contributed by atoms with E-state index in [-0.39, 0.29) is 23.9 Å². The van der Waals surface area contributed by atoms with Crippen LogP contribution in [0.4, 0.5) is 0 Å². The van der Waals surface area contributed by atoms with Gasteiger partial charge in [0.2, 0.25) is 0 Å². The molecule has 0 aromatic carbocycles. The van der Waals surface area contributed by atoms with Crippen molar-refractivity contribution in [1.82, 2.24) is 0 Å². The first-order valence-corrected chi connectivity index (χ1v) is 6.81. The second kappa shape index (κ2) is 5.47. The number of esters is 1. The number of carbonyl (C=O) groups excluding carboxylic acids is 1. The van der Waals surface area contributed by atoms with E-state index in [0.717, 1.165) is 12.0 Å². The Hall–Kier alpha value is -1.13. The second-order valence-corrected chi connectivity index (χ2v) is 5.76. The number of ether oxygens (including phenoxy) is 1. The van der Waals surface area contributed by atoms with Crippen molar-refractivity contribution in [2.24, 2.45) is 11.8 Å². The lowest BCUT2D eigenvalue weighted by atomic mass is 9.81. The molecule has 106 valence electrons. The molecule has 1 fully saturated rings. The van der Waals surface area contributed by atoms with Gasteiger partial charge in [0.05, 0.1) is 18.1 Å². The molecule has 4 nitrogen and oxygen atoms in total. The number of fused-ring (bicyclic) bond motifs is 1. The number of aliphatic hydroxyl groups excluding tert-OH is 2. The van der Waals surface area contributed by atoms with Gasteiger partial charge in [0, 0.05) is 5.92 Å². The highest BCUT2D eigenvalue weighted by Crippen LogP contribution is 2.36. The fourth-order valence-electron chi connectivity index (χ4n) is 2.93. The zero-order valence-electron chi connectivity index (χ0n) is 11.5. The van der Waals surface area contributed by atoms with Gasteiger partial charge < -0.3 is 14.9 Å². The minimum absolute atomic E-state index is 0.260. The molecule has 0 spiro atoms. The number of hydrogen-bond acceptors (Lipinski definition) is 4. The molecular weight excluding hydrogens is 244 g/mol. The van der Waals surface area contributed by atoms with Crippen LogP contribution >= 0.6 is 0 Å². The van der Waals surface area contributed by atoms with Crippen molar-refractivity contribution < 1.29 is 19.7 Å². The first-order chi connectivity index (χ1) is 8.90. The molecule has 0 aromatic heterocycles. The van der Waals surface area contributed by atoms with Crippen LogP contribution in [0.25, 0.3) is 0 Å². The molecule has 0 unspecified atom stereocenters. The van der Waals surface area contributed by atoms with Gasteiger partial charge in [0.1, 0.15) is 6.10 Å². The molecule has 2 rings (SSSR count). The van der Waals surface area contributed by atoms with E-state index in [1.54, 1.807) is 6.92 Å². The Bertz CT molecular complexity index is 412. The van der Waals surface area contributed by atoms with Gasteiger partial charge in [-0.3, -0.25) is 4.79 Å². The lowest BCUT2D eigenvalue weighted by molar-refractivity contribution is -0.142. The first-order valence-electron chi connectivity index (χ1n) is 6.81. The van der Waals surface area contributed by atoms with E-state index in [2.05, 4.69) is 6.58 Å². The summed E-state index contributed by atoms with van der Waals surface area (Å²) in [7, 11) is 0. The monoisotopic (exact) mass is 266 g/mol. The quantitative estimate of drug-likeness (QED) is 0.516. The van der Waals surface area contributed by atoms with Crippen molar-refractivity contribution in [1.29, 1.82) is 0 Å². The molecule has 0 aromatic rings. The van der Waals surface area contributed by atoms with Crippen molar-refractivity contribution in [2.75, 3.05) is 0 Å². The molecule has 0 radical (unpaired) electrons. The molecule has 1 aliphatic heterocycles. The topological polar surface area (TPSA) is 66.8 Å². The van der Waals surface area contributed by atoms with Crippen molar-refractivity contribution in [2.45, 2.75) is 51.4 Å². The summed E-state index contributed by atoms with van der Waals surface area (Å²) >= 11 is 0. The van der Waals surface area contributed by atoms with E-state index in [1.807, 2.05) is 13.0 Å². The summed E-state index contributed by atoms with van der Waals surface area (Å²) < 4.78 is 5.34. The maximum absolute atomic E-state index is 11.7. The van der Waals surface area contributed by atoms with Crippen LogP contribution in [0.15, 0.2) is 23.8 Å². The van der Waals surface area contributed by atoms with Crippen LogP contribution in [-0.4, -0.2) is 34.5 Å². The lowest BCUT2D eigenvalue weighted by Gasteiger charge is -2.27. The van der Waals surface area contributed by atoms with E-state index in [0.29, 0.717) is 18.4 Å². The van der Waals surface area contributed by atoms with Crippen LogP contribution < -0.4 is 0 Å². The summed E-state index contributed by atoms with van der Waals surface area (Å²) in [5.74, 6) is -0.846. The fraction of sp³-hybridized carbons (Fsp3) is 0.667. The third kappa shape index (κ3) is 2.90. The molecule has 1 heterocycles. The average Bonchev–Trinajstić information content (AvgIpc) is 2.60. The highest BCUT2D eigenvalue weighted by atomic mass is 16.6. The van der Waals surface area contributed by atoms with Gasteiger partial charge in [-0.25, -0.2) is 0 Å². The van der Waals surface area contributed by atoms with Crippen LogP contribution in [0.2, 0.25) is 0 Å². The lowest BCUT2D eigenvalue weighted by Crippen LogP contribution is -2.33. The molecule has 1 saturated heterocycles. The Labute approximate surface area is 113 Å². The second-order valence-electron chi connectivity index (χ2n) is 5.76. The summed E-state index contributed by atoms with van der Waals surface area (Å²) in [6, 6.07) is 0.